The Balaban J connectivity index is 2.39. The second-order valence-corrected chi connectivity index (χ2v) is 5.83. The van der Waals surface area contributed by atoms with Crippen LogP contribution in [-0.2, 0) is 0 Å². The predicted octanol–water partition coefficient (Wildman–Crippen LogP) is 7.40. The number of hydrogen-bond acceptors (Lipinski definition) is 0. The van der Waals surface area contributed by atoms with E-state index in [1.807, 2.05) is 24.3 Å². The lowest BCUT2D eigenvalue weighted by atomic mass is 10.1. The zero-order chi connectivity index (χ0) is 16.3. The number of rotatable bonds is 0. The molecular formula is C23H32. The molecule has 0 N–H and O–H groups in total. The Morgan fingerprint density at radius 3 is 0.870 bits per heavy atom. The molecule has 0 heteroatoms. The summed E-state index contributed by atoms with van der Waals surface area (Å²) in [4.78, 5) is 0. The van der Waals surface area contributed by atoms with Crippen molar-refractivity contribution in [1.29, 1.82) is 0 Å². The van der Waals surface area contributed by atoms with Gasteiger partial charge in [-0.2, -0.15) is 0 Å². The Hall–Kier alpha value is -1.82. The van der Waals surface area contributed by atoms with Gasteiger partial charge in [0.25, 0.3) is 0 Å². The SMILES string of the molecule is C1=CC=CC=CC=CCCCCCCCCCC=CC=CC=C1. The zero-order valence-electron chi connectivity index (χ0n) is 14.4. The van der Waals surface area contributed by atoms with Crippen molar-refractivity contribution in [1.82, 2.24) is 0 Å². The van der Waals surface area contributed by atoms with E-state index < -0.39 is 0 Å². The minimum absolute atomic E-state index is 1.20. The van der Waals surface area contributed by atoms with Gasteiger partial charge in [-0.3, -0.25) is 0 Å². The van der Waals surface area contributed by atoms with Crippen molar-refractivity contribution in [2.45, 2.75) is 57.8 Å². The maximum absolute atomic E-state index is 2.27. The van der Waals surface area contributed by atoms with Gasteiger partial charge in [0.1, 0.15) is 0 Å². The van der Waals surface area contributed by atoms with E-state index in [1.165, 1.54) is 57.8 Å². The van der Waals surface area contributed by atoms with E-state index in [4.69, 9.17) is 0 Å². The van der Waals surface area contributed by atoms with E-state index in [0.29, 0.717) is 0 Å². The van der Waals surface area contributed by atoms with Crippen LogP contribution in [0, 0.1) is 0 Å². The summed E-state index contributed by atoms with van der Waals surface area (Å²) in [5, 5.41) is 0. The summed E-state index contributed by atoms with van der Waals surface area (Å²) >= 11 is 0. The van der Waals surface area contributed by atoms with Crippen LogP contribution in [0.3, 0.4) is 0 Å². The van der Waals surface area contributed by atoms with Crippen LogP contribution in [-0.4, -0.2) is 0 Å². The molecule has 0 saturated heterocycles. The molecule has 23 heavy (non-hydrogen) atoms. The topological polar surface area (TPSA) is 0 Å². The van der Waals surface area contributed by atoms with Crippen LogP contribution < -0.4 is 0 Å². The monoisotopic (exact) mass is 308 g/mol. The fourth-order valence-electron chi connectivity index (χ4n) is 2.40. The molecule has 1 aliphatic carbocycles. The van der Waals surface area contributed by atoms with Gasteiger partial charge in [0.05, 0.1) is 0 Å². The van der Waals surface area contributed by atoms with Crippen molar-refractivity contribution < 1.29 is 0 Å². The lowest BCUT2D eigenvalue weighted by Gasteiger charge is -1.99. The van der Waals surface area contributed by atoms with Gasteiger partial charge in [-0.25, -0.2) is 0 Å². The minimum Gasteiger partial charge on any atom is -0.0845 e. The highest BCUT2D eigenvalue weighted by molar-refractivity contribution is 5.20. The maximum Gasteiger partial charge on any atom is -0.0348 e. The first-order valence-corrected chi connectivity index (χ1v) is 9.15. The third kappa shape index (κ3) is 14.9. The summed E-state index contributed by atoms with van der Waals surface area (Å²) in [6.07, 6.45) is 41.5. The van der Waals surface area contributed by atoms with E-state index >= 15 is 0 Å². The molecule has 0 fully saturated rings. The van der Waals surface area contributed by atoms with Crippen LogP contribution in [0.15, 0.2) is 85.1 Å². The second-order valence-electron chi connectivity index (χ2n) is 5.83. The Kier molecular flexibility index (Phi) is 13.8. The van der Waals surface area contributed by atoms with Gasteiger partial charge in [0, 0.05) is 0 Å². The van der Waals surface area contributed by atoms with Crippen molar-refractivity contribution in [2.24, 2.45) is 0 Å². The predicted molar refractivity (Wildman–Crippen MR) is 106 cm³/mol. The van der Waals surface area contributed by atoms with E-state index in [0.717, 1.165) is 0 Å². The third-order valence-electron chi connectivity index (χ3n) is 3.74. The molecule has 0 saturated carbocycles. The Bertz CT molecular complexity index is 410. The molecule has 0 aromatic heterocycles. The van der Waals surface area contributed by atoms with Crippen molar-refractivity contribution in [2.75, 3.05) is 0 Å². The first-order chi connectivity index (χ1) is 11.5. The lowest BCUT2D eigenvalue weighted by Crippen LogP contribution is -1.80. The molecule has 124 valence electrons. The van der Waals surface area contributed by atoms with Gasteiger partial charge >= 0.3 is 0 Å². The summed E-state index contributed by atoms with van der Waals surface area (Å²) in [5.74, 6) is 0. The molecule has 0 aliphatic heterocycles. The summed E-state index contributed by atoms with van der Waals surface area (Å²) in [5.41, 5.74) is 0. The van der Waals surface area contributed by atoms with Crippen molar-refractivity contribution in [3.8, 4) is 0 Å². The normalized spacial score (nSPS) is 19.1. The molecule has 0 nitrogen and oxygen atoms in total. The number of allylic oxidation sites excluding steroid dienone is 14. The zero-order valence-corrected chi connectivity index (χ0v) is 14.4. The van der Waals surface area contributed by atoms with Crippen LogP contribution in [0.2, 0.25) is 0 Å². The molecular weight excluding hydrogens is 276 g/mol. The third-order valence-corrected chi connectivity index (χ3v) is 3.74. The first kappa shape index (κ1) is 19.2. The van der Waals surface area contributed by atoms with E-state index in [-0.39, 0.29) is 0 Å². The van der Waals surface area contributed by atoms with Crippen LogP contribution in [0.1, 0.15) is 57.8 Å². The molecule has 0 bridgehead atoms. The Labute approximate surface area is 143 Å². The van der Waals surface area contributed by atoms with Gasteiger partial charge in [-0.1, -0.05) is 117 Å². The summed E-state index contributed by atoms with van der Waals surface area (Å²) in [6.45, 7) is 0. The molecule has 0 aromatic rings. The minimum atomic E-state index is 1.20. The average Bonchev–Trinajstić information content (AvgIpc) is 2.56. The van der Waals surface area contributed by atoms with Crippen molar-refractivity contribution >= 4 is 0 Å². The Morgan fingerprint density at radius 2 is 0.522 bits per heavy atom. The number of hydrogen-bond donors (Lipinski definition) is 0. The summed E-state index contributed by atoms with van der Waals surface area (Å²) in [6, 6.07) is 0. The van der Waals surface area contributed by atoms with Gasteiger partial charge in [0.2, 0.25) is 0 Å². The van der Waals surface area contributed by atoms with E-state index in [1.54, 1.807) is 0 Å². The van der Waals surface area contributed by atoms with E-state index in [9.17, 15) is 0 Å². The van der Waals surface area contributed by atoms with Gasteiger partial charge in [0.15, 0.2) is 0 Å². The largest absolute Gasteiger partial charge is 0.0845 e. The van der Waals surface area contributed by atoms with Crippen LogP contribution in [0.25, 0.3) is 0 Å². The molecule has 0 unspecified atom stereocenters. The smallest absolute Gasteiger partial charge is 0.0348 e. The maximum atomic E-state index is 2.27. The van der Waals surface area contributed by atoms with Gasteiger partial charge < -0.3 is 0 Å². The highest BCUT2D eigenvalue weighted by Gasteiger charge is 1.90. The van der Waals surface area contributed by atoms with Gasteiger partial charge in [-0.15, -0.1) is 0 Å². The highest BCUT2D eigenvalue weighted by Crippen LogP contribution is 2.10. The standard InChI is InChI=1S/C23H32/c1-2-4-6-8-10-12-14-16-18-20-22-23-21-19-17-15-13-11-9-7-5-3-1/h1-14H,15-23H2. The summed E-state index contributed by atoms with van der Waals surface area (Å²) in [7, 11) is 0. The molecule has 0 heterocycles. The quantitative estimate of drug-likeness (QED) is 0.437. The second kappa shape index (κ2) is 16.5. The first-order valence-electron chi connectivity index (χ1n) is 9.15. The van der Waals surface area contributed by atoms with Crippen LogP contribution in [0.4, 0.5) is 0 Å². The molecule has 0 amide bonds. The molecule has 0 aromatic carbocycles. The molecule has 1 aliphatic rings. The molecule has 0 atom stereocenters. The van der Waals surface area contributed by atoms with Crippen molar-refractivity contribution in [3.05, 3.63) is 85.1 Å². The highest BCUT2D eigenvalue weighted by atomic mass is 14.0. The van der Waals surface area contributed by atoms with Crippen LogP contribution >= 0.6 is 0 Å². The fourth-order valence-corrected chi connectivity index (χ4v) is 2.40. The fraction of sp³-hybridized carbons (Fsp3) is 0.391. The molecule has 0 spiro atoms. The summed E-state index contributed by atoms with van der Waals surface area (Å²) < 4.78 is 0. The lowest BCUT2D eigenvalue weighted by molar-refractivity contribution is 0.583. The molecule has 0 radical (unpaired) electrons. The average molecular weight is 309 g/mol. The van der Waals surface area contributed by atoms with Crippen LogP contribution in [0.5, 0.6) is 0 Å². The van der Waals surface area contributed by atoms with Crippen molar-refractivity contribution in [3.63, 3.8) is 0 Å². The Morgan fingerprint density at radius 1 is 0.261 bits per heavy atom. The molecule has 1 rings (SSSR count). The van der Waals surface area contributed by atoms with E-state index in [2.05, 4.69) is 60.8 Å². The van der Waals surface area contributed by atoms with Gasteiger partial charge in [-0.05, 0) is 25.7 Å².